The fourth-order valence-corrected chi connectivity index (χ4v) is 2.87. The van der Waals surface area contributed by atoms with Crippen molar-refractivity contribution in [1.82, 2.24) is 0 Å². The molecule has 176 valence electrons. The highest BCUT2D eigenvalue weighted by atomic mass is 35.6. The molecule has 1 N–H and O–H groups in total. The van der Waals surface area contributed by atoms with E-state index in [4.69, 9.17) is 110 Å². The van der Waals surface area contributed by atoms with Gasteiger partial charge in [0.25, 0.3) is 0 Å². The quantitative estimate of drug-likeness (QED) is 0.197. The van der Waals surface area contributed by atoms with Gasteiger partial charge in [0.05, 0.1) is 12.2 Å². The SMILES string of the molecule is CC(=C(C(=O)O)C(Cl)(Cl)Cl)C(F)(F)F.CCOC(=O)C=C(CC(Cl)(Cl)Cl)C(Cl)(Cl)Cl. The second-order valence-electron chi connectivity index (χ2n) is 5.01. The second kappa shape index (κ2) is 12.9. The summed E-state index contributed by atoms with van der Waals surface area (Å²) in [5.74, 6) is -2.57. The van der Waals surface area contributed by atoms with E-state index in [9.17, 15) is 22.8 Å². The van der Waals surface area contributed by atoms with E-state index < -0.39 is 40.6 Å². The number of halogens is 12. The van der Waals surface area contributed by atoms with Gasteiger partial charge in [-0.15, -0.1) is 0 Å². The summed E-state index contributed by atoms with van der Waals surface area (Å²) in [6, 6.07) is 0. The molecule has 0 heterocycles. The molecule has 0 amide bonds. The summed E-state index contributed by atoms with van der Waals surface area (Å²) in [5, 5.41) is 8.43. The van der Waals surface area contributed by atoms with Crippen molar-refractivity contribution in [2.75, 3.05) is 6.61 Å². The minimum absolute atomic E-state index is 0.0518. The maximum absolute atomic E-state index is 12.1. The van der Waals surface area contributed by atoms with Crippen LogP contribution in [0.25, 0.3) is 0 Å². The summed E-state index contributed by atoms with van der Waals surface area (Å²) >= 11 is 48.8. The van der Waals surface area contributed by atoms with Crippen molar-refractivity contribution in [2.45, 2.75) is 37.8 Å². The van der Waals surface area contributed by atoms with Gasteiger partial charge in [0, 0.05) is 18.1 Å². The maximum atomic E-state index is 12.1. The third-order valence-electron chi connectivity index (χ3n) is 2.63. The van der Waals surface area contributed by atoms with Gasteiger partial charge in [0.1, 0.15) is 0 Å². The molecular formula is C14H12Cl9F3O4. The van der Waals surface area contributed by atoms with Crippen LogP contribution in [0.4, 0.5) is 13.2 Å². The predicted octanol–water partition coefficient (Wildman–Crippen LogP) is 7.93. The Kier molecular flexibility index (Phi) is 14.2. The van der Waals surface area contributed by atoms with Crippen molar-refractivity contribution in [3.8, 4) is 0 Å². The van der Waals surface area contributed by atoms with Crippen LogP contribution >= 0.6 is 104 Å². The molecule has 4 nitrogen and oxygen atoms in total. The Hall–Kier alpha value is 0.820. The molecular weight excluding hydrogens is 608 g/mol. The summed E-state index contributed by atoms with van der Waals surface area (Å²) < 4.78 is 34.9. The van der Waals surface area contributed by atoms with Gasteiger partial charge in [-0.3, -0.25) is 0 Å². The molecule has 0 fully saturated rings. The lowest BCUT2D eigenvalue weighted by Crippen LogP contribution is -2.24. The number of carbonyl (C=O) groups is 2. The minimum atomic E-state index is -4.84. The van der Waals surface area contributed by atoms with Crippen LogP contribution in [-0.2, 0) is 14.3 Å². The largest absolute Gasteiger partial charge is 0.478 e. The number of allylic oxidation sites excluding steroid dienone is 2. The number of aliphatic carboxylic acids is 1. The van der Waals surface area contributed by atoms with Gasteiger partial charge in [-0.25, -0.2) is 9.59 Å². The standard InChI is InChI=1S/C8H8Cl6O2.C6H4Cl3F3O2/c1-2-16-6(15)3-5(8(12,13)14)4-7(9,10)11;1-2(6(10,11)12)3(4(13)14)5(7,8)9/h3H,2,4H2,1H3;1H3,(H,13,14). The number of rotatable bonds is 4. The van der Waals surface area contributed by atoms with Crippen LogP contribution < -0.4 is 0 Å². The average molecular weight is 620 g/mol. The molecule has 0 aromatic heterocycles. The monoisotopic (exact) mass is 616 g/mol. The molecule has 30 heavy (non-hydrogen) atoms. The summed E-state index contributed by atoms with van der Waals surface area (Å²) in [6.45, 7) is 2.39. The van der Waals surface area contributed by atoms with Crippen LogP contribution in [0.3, 0.4) is 0 Å². The molecule has 0 unspecified atom stereocenters. The molecule has 0 aliphatic carbocycles. The van der Waals surface area contributed by atoms with Crippen LogP contribution in [0, 0.1) is 0 Å². The fourth-order valence-electron chi connectivity index (χ4n) is 1.41. The number of carboxylic acid groups (broad SMARTS) is 1. The summed E-state index contributed by atoms with van der Waals surface area (Å²) in [4.78, 5) is 21.6. The van der Waals surface area contributed by atoms with E-state index in [1.165, 1.54) is 0 Å². The molecule has 0 spiro atoms. The van der Waals surface area contributed by atoms with Crippen molar-refractivity contribution >= 4 is 116 Å². The number of alkyl halides is 12. The summed E-state index contributed by atoms with van der Waals surface area (Å²) in [5.41, 5.74) is -2.68. The lowest BCUT2D eigenvalue weighted by molar-refractivity contribution is -0.137. The van der Waals surface area contributed by atoms with E-state index in [1.54, 1.807) is 6.92 Å². The number of carbonyl (C=O) groups excluding carboxylic acids is 1. The lowest BCUT2D eigenvalue weighted by Gasteiger charge is -2.19. The number of hydrogen-bond acceptors (Lipinski definition) is 3. The molecule has 0 bridgehead atoms. The van der Waals surface area contributed by atoms with E-state index in [0.29, 0.717) is 6.92 Å². The zero-order valence-electron chi connectivity index (χ0n) is 14.7. The average Bonchev–Trinajstić information content (AvgIpc) is 2.42. The molecule has 0 saturated heterocycles. The molecule has 0 atom stereocenters. The third-order valence-corrected chi connectivity index (χ3v) is 4.33. The first-order valence-electron chi connectivity index (χ1n) is 7.13. The van der Waals surface area contributed by atoms with Crippen molar-refractivity contribution in [3.05, 3.63) is 22.8 Å². The summed E-state index contributed by atoms with van der Waals surface area (Å²) in [7, 11) is 0. The molecule has 0 aromatic carbocycles. The normalized spacial score (nSPS) is 14.4. The molecule has 0 aliphatic rings. The topological polar surface area (TPSA) is 63.6 Å². The Balaban J connectivity index is 0. The minimum Gasteiger partial charge on any atom is -0.478 e. The number of carboxylic acids is 1. The first-order valence-corrected chi connectivity index (χ1v) is 10.5. The number of hydrogen-bond donors (Lipinski definition) is 1. The Morgan fingerprint density at radius 1 is 0.933 bits per heavy atom. The van der Waals surface area contributed by atoms with Crippen molar-refractivity contribution in [2.24, 2.45) is 0 Å². The van der Waals surface area contributed by atoms with E-state index in [0.717, 1.165) is 6.08 Å². The van der Waals surface area contributed by atoms with Gasteiger partial charge in [0.2, 0.25) is 7.59 Å². The van der Waals surface area contributed by atoms with Crippen molar-refractivity contribution in [1.29, 1.82) is 0 Å². The van der Waals surface area contributed by atoms with Crippen LogP contribution in [0.15, 0.2) is 22.8 Å². The Morgan fingerprint density at radius 3 is 1.57 bits per heavy atom. The van der Waals surface area contributed by atoms with Gasteiger partial charge in [-0.1, -0.05) is 104 Å². The Labute approximate surface area is 215 Å². The van der Waals surface area contributed by atoms with Crippen LogP contribution in [0.5, 0.6) is 0 Å². The smallest absolute Gasteiger partial charge is 0.413 e. The molecule has 0 radical (unpaired) electrons. The second-order valence-corrected chi connectivity index (χ2v) is 12.1. The predicted molar refractivity (Wildman–Crippen MR) is 117 cm³/mol. The first kappa shape index (κ1) is 33.0. The van der Waals surface area contributed by atoms with Gasteiger partial charge in [-0.05, 0) is 19.4 Å². The first-order chi connectivity index (χ1) is 13.0. The lowest BCUT2D eigenvalue weighted by atomic mass is 10.1. The van der Waals surface area contributed by atoms with E-state index in [1.807, 2.05) is 0 Å². The zero-order valence-corrected chi connectivity index (χ0v) is 21.5. The Bertz CT molecular complexity index is 672. The van der Waals surface area contributed by atoms with Gasteiger partial charge in [-0.2, -0.15) is 13.2 Å². The van der Waals surface area contributed by atoms with Gasteiger partial charge < -0.3 is 9.84 Å². The van der Waals surface area contributed by atoms with Gasteiger partial charge >= 0.3 is 18.1 Å². The highest BCUT2D eigenvalue weighted by Crippen LogP contribution is 2.43. The van der Waals surface area contributed by atoms with E-state index in [-0.39, 0.29) is 18.6 Å². The van der Waals surface area contributed by atoms with Crippen molar-refractivity contribution in [3.63, 3.8) is 0 Å². The Morgan fingerprint density at radius 2 is 1.37 bits per heavy atom. The number of ether oxygens (including phenoxy) is 1. The third kappa shape index (κ3) is 14.8. The van der Waals surface area contributed by atoms with Crippen LogP contribution in [0.2, 0.25) is 0 Å². The highest BCUT2D eigenvalue weighted by molar-refractivity contribution is 6.71. The summed E-state index contributed by atoms with van der Waals surface area (Å²) in [6.07, 6.45) is -4.01. The molecule has 0 aliphatic heterocycles. The highest BCUT2D eigenvalue weighted by Gasteiger charge is 2.42. The molecule has 16 heteroatoms. The zero-order chi connectivity index (χ0) is 24.7. The van der Waals surface area contributed by atoms with E-state index in [2.05, 4.69) is 4.74 Å². The van der Waals surface area contributed by atoms with Gasteiger partial charge in [0.15, 0.2) is 3.79 Å². The van der Waals surface area contributed by atoms with Crippen molar-refractivity contribution < 1.29 is 32.6 Å². The molecule has 0 saturated carbocycles. The fraction of sp³-hybridized carbons (Fsp3) is 0.571. The van der Waals surface area contributed by atoms with E-state index >= 15 is 0 Å². The maximum Gasteiger partial charge on any atom is 0.413 e. The molecule has 0 rings (SSSR count). The number of esters is 1. The van der Waals surface area contributed by atoms with Crippen LogP contribution in [0.1, 0.15) is 20.3 Å². The molecule has 0 aromatic rings. The van der Waals surface area contributed by atoms with Crippen LogP contribution in [-0.4, -0.2) is 41.2 Å².